The van der Waals surface area contributed by atoms with Gasteiger partial charge in [-0.15, -0.1) is 0 Å². The molecule has 4 nitrogen and oxygen atoms in total. The normalized spacial score (nSPS) is 19.9. The van der Waals surface area contributed by atoms with E-state index in [1.54, 1.807) is 0 Å². The summed E-state index contributed by atoms with van der Waals surface area (Å²) in [6, 6.07) is 6.30. The molecule has 1 aliphatic carbocycles. The summed E-state index contributed by atoms with van der Waals surface area (Å²) in [5, 5.41) is 1.56. The number of fused-ring (bicyclic) bond motifs is 1. The van der Waals surface area contributed by atoms with Crippen LogP contribution in [-0.4, -0.2) is 35.0 Å². The summed E-state index contributed by atoms with van der Waals surface area (Å²) < 4.78 is 5.76. The number of rotatable bonds is 5. The molecule has 1 saturated carbocycles. The molecule has 26 heavy (non-hydrogen) atoms. The molecule has 1 amide bonds. The number of ether oxygens (including phenoxy) is 1. The Balaban J connectivity index is 1.62. The highest BCUT2D eigenvalue weighted by Gasteiger charge is 2.35. The number of nitrogens with zero attached hydrogens (tertiary/aromatic N) is 2. The van der Waals surface area contributed by atoms with E-state index >= 15 is 0 Å². The fraction of sp³-hybridized carbons (Fsp3) is 0.524. The van der Waals surface area contributed by atoms with E-state index in [9.17, 15) is 4.79 Å². The minimum Gasteiger partial charge on any atom is -0.376 e. The first-order valence-corrected chi connectivity index (χ1v) is 9.86. The van der Waals surface area contributed by atoms with Gasteiger partial charge in [0.25, 0.3) is 0 Å². The Morgan fingerprint density at radius 3 is 2.69 bits per heavy atom. The third kappa shape index (κ3) is 3.72. The second kappa shape index (κ2) is 7.16. The largest absolute Gasteiger partial charge is 0.376 e. The summed E-state index contributed by atoms with van der Waals surface area (Å²) in [6.07, 6.45) is 4.25. The van der Waals surface area contributed by atoms with Gasteiger partial charge in [0.1, 0.15) is 5.15 Å². The van der Waals surface area contributed by atoms with Gasteiger partial charge in [0.05, 0.1) is 11.6 Å². The molecule has 1 aromatic carbocycles. The Bertz CT molecular complexity index is 842. The van der Waals surface area contributed by atoms with E-state index in [4.69, 9.17) is 16.3 Å². The topological polar surface area (TPSA) is 42.4 Å². The lowest BCUT2D eigenvalue weighted by Crippen LogP contribution is -2.38. The quantitative estimate of drug-likeness (QED) is 0.729. The van der Waals surface area contributed by atoms with Crippen molar-refractivity contribution in [2.45, 2.75) is 52.2 Å². The number of carbonyl (C=O) groups is 1. The van der Waals surface area contributed by atoms with E-state index in [2.05, 4.69) is 37.0 Å². The summed E-state index contributed by atoms with van der Waals surface area (Å²) in [4.78, 5) is 19.3. The molecule has 2 fully saturated rings. The number of hydrogen-bond donors (Lipinski definition) is 0. The van der Waals surface area contributed by atoms with Crippen molar-refractivity contribution in [2.75, 3.05) is 13.2 Å². The van der Waals surface area contributed by atoms with Crippen LogP contribution in [0.2, 0.25) is 5.15 Å². The Hall–Kier alpha value is -1.65. The summed E-state index contributed by atoms with van der Waals surface area (Å²) in [7, 11) is 0. The maximum Gasteiger partial charge on any atom is 0.226 e. The number of amides is 1. The number of halogens is 1. The second-order valence-electron chi connectivity index (χ2n) is 7.70. The Kier molecular flexibility index (Phi) is 4.89. The number of benzene rings is 1. The molecule has 2 heterocycles. The highest BCUT2D eigenvalue weighted by atomic mass is 35.5. The fourth-order valence-corrected chi connectivity index (χ4v) is 3.84. The molecule has 4 rings (SSSR count). The van der Waals surface area contributed by atoms with Gasteiger partial charge in [-0.1, -0.05) is 11.6 Å². The van der Waals surface area contributed by atoms with Crippen LogP contribution in [0.4, 0.5) is 0 Å². The van der Waals surface area contributed by atoms with Crippen LogP contribution >= 0.6 is 11.6 Å². The lowest BCUT2D eigenvalue weighted by Gasteiger charge is -2.26. The lowest BCUT2D eigenvalue weighted by atomic mass is 10.0. The number of aryl methyl sites for hydroxylation is 2. The van der Waals surface area contributed by atoms with E-state index in [0.717, 1.165) is 48.8 Å². The smallest absolute Gasteiger partial charge is 0.226 e. The predicted molar refractivity (Wildman–Crippen MR) is 103 cm³/mol. The zero-order valence-corrected chi connectivity index (χ0v) is 16.2. The van der Waals surface area contributed by atoms with Crippen LogP contribution in [0.1, 0.15) is 42.4 Å². The third-order valence-electron chi connectivity index (χ3n) is 5.50. The van der Waals surface area contributed by atoms with Crippen molar-refractivity contribution in [3.63, 3.8) is 0 Å². The van der Waals surface area contributed by atoms with Crippen molar-refractivity contribution in [2.24, 2.45) is 5.92 Å². The van der Waals surface area contributed by atoms with Crippen LogP contribution in [-0.2, 0) is 16.1 Å². The van der Waals surface area contributed by atoms with Crippen molar-refractivity contribution in [3.05, 3.63) is 40.0 Å². The van der Waals surface area contributed by atoms with Gasteiger partial charge in [-0.3, -0.25) is 4.79 Å². The first kappa shape index (κ1) is 17.7. The van der Waals surface area contributed by atoms with E-state index in [1.165, 1.54) is 11.1 Å². The number of pyridine rings is 1. The van der Waals surface area contributed by atoms with Crippen molar-refractivity contribution in [1.82, 2.24) is 9.88 Å². The van der Waals surface area contributed by atoms with Crippen LogP contribution < -0.4 is 0 Å². The van der Waals surface area contributed by atoms with Gasteiger partial charge >= 0.3 is 0 Å². The molecule has 0 bridgehead atoms. The van der Waals surface area contributed by atoms with Gasteiger partial charge in [0, 0.05) is 36.6 Å². The number of hydrogen-bond acceptors (Lipinski definition) is 3. The average molecular weight is 373 g/mol. The molecule has 0 unspecified atom stereocenters. The van der Waals surface area contributed by atoms with Crippen molar-refractivity contribution >= 4 is 28.4 Å². The zero-order valence-electron chi connectivity index (χ0n) is 15.4. The second-order valence-corrected chi connectivity index (χ2v) is 8.05. The number of carbonyl (C=O) groups excluding carboxylic acids is 1. The van der Waals surface area contributed by atoms with Gasteiger partial charge in [-0.2, -0.15) is 0 Å². The minimum atomic E-state index is 0.148. The first-order chi connectivity index (χ1) is 12.5. The Morgan fingerprint density at radius 1 is 1.23 bits per heavy atom. The molecular weight excluding hydrogens is 348 g/mol. The summed E-state index contributed by atoms with van der Waals surface area (Å²) in [6.45, 7) is 6.13. The maximum atomic E-state index is 12.8. The SMILES string of the molecule is Cc1cc2cc(CN(C[C@H]3CCCO3)C(=O)C3CC3)c(Cl)nc2cc1C. The molecule has 1 aromatic heterocycles. The maximum absolute atomic E-state index is 12.8. The molecule has 2 aliphatic rings. The lowest BCUT2D eigenvalue weighted by molar-refractivity contribution is -0.134. The average Bonchev–Trinajstić information content (AvgIpc) is 3.33. The molecule has 138 valence electrons. The molecular formula is C21H25ClN2O2. The van der Waals surface area contributed by atoms with Crippen LogP contribution in [0.25, 0.3) is 10.9 Å². The molecule has 5 heteroatoms. The predicted octanol–water partition coefficient (Wildman–Crippen LogP) is 4.42. The van der Waals surface area contributed by atoms with Crippen LogP contribution in [0, 0.1) is 19.8 Å². The summed E-state index contributed by atoms with van der Waals surface area (Å²) in [5.41, 5.74) is 4.26. The van der Waals surface area contributed by atoms with Gasteiger partial charge in [-0.05, 0) is 68.9 Å². The van der Waals surface area contributed by atoms with Crippen molar-refractivity contribution in [3.8, 4) is 0 Å². The molecule has 0 N–H and O–H groups in total. The van der Waals surface area contributed by atoms with Gasteiger partial charge in [-0.25, -0.2) is 4.98 Å². The highest BCUT2D eigenvalue weighted by Crippen LogP contribution is 2.33. The van der Waals surface area contributed by atoms with Crippen molar-refractivity contribution in [1.29, 1.82) is 0 Å². The van der Waals surface area contributed by atoms with Crippen LogP contribution in [0.3, 0.4) is 0 Å². The summed E-state index contributed by atoms with van der Waals surface area (Å²) >= 11 is 6.48. The monoisotopic (exact) mass is 372 g/mol. The third-order valence-corrected chi connectivity index (χ3v) is 5.83. The fourth-order valence-electron chi connectivity index (χ4n) is 3.63. The molecule has 0 spiro atoms. The van der Waals surface area contributed by atoms with E-state index in [-0.39, 0.29) is 17.9 Å². The van der Waals surface area contributed by atoms with E-state index in [1.807, 2.05) is 4.90 Å². The molecule has 0 radical (unpaired) electrons. The molecule has 1 saturated heterocycles. The molecule has 1 aliphatic heterocycles. The Morgan fingerprint density at radius 2 is 2.00 bits per heavy atom. The first-order valence-electron chi connectivity index (χ1n) is 9.48. The summed E-state index contributed by atoms with van der Waals surface area (Å²) in [5.74, 6) is 0.422. The van der Waals surface area contributed by atoms with Gasteiger partial charge < -0.3 is 9.64 Å². The zero-order chi connectivity index (χ0) is 18.3. The van der Waals surface area contributed by atoms with Crippen LogP contribution in [0.15, 0.2) is 18.2 Å². The van der Waals surface area contributed by atoms with E-state index in [0.29, 0.717) is 18.2 Å². The van der Waals surface area contributed by atoms with Gasteiger partial charge in [0.2, 0.25) is 5.91 Å². The molecule has 2 aromatic rings. The number of aromatic nitrogens is 1. The highest BCUT2D eigenvalue weighted by molar-refractivity contribution is 6.30. The standard InChI is InChI=1S/C21H25ClN2O2/c1-13-8-16-10-17(20(22)23-19(16)9-14(13)2)11-24(21(25)15-5-6-15)12-18-4-3-7-26-18/h8-10,15,18H,3-7,11-12H2,1-2H3/t18-/m1/s1. The minimum absolute atomic E-state index is 0.148. The Labute approximate surface area is 159 Å². The molecule has 1 atom stereocenters. The van der Waals surface area contributed by atoms with Gasteiger partial charge in [0.15, 0.2) is 0 Å². The van der Waals surface area contributed by atoms with Crippen molar-refractivity contribution < 1.29 is 9.53 Å². The van der Waals surface area contributed by atoms with Crippen LogP contribution in [0.5, 0.6) is 0 Å². The van der Waals surface area contributed by atoms with E-state index < -0.39 is 0 Å².